The largest absolute Gasteiger partial charge is 0.508 e. The SMILES string of the molecule is NS(=O)(=O)c1nnc(NC(=O)CCCCCCCCC(=S)Nc2ccc(-c3c4ccc(=O)cc-4oc4cc(O)ccc34)c(C(=O)O)c2)s1.O=C(O)CN(CCN(CNC(=O)CCCCCCCCC(=S)Nc1ccc(-c2c3ccc(=O)cc-3oc3cc(O)ccc23)c(C(=O)O)c1)CC(=O)Nc1ccc(S(=O)(=O)O)cc1)CC(=O)Nc1ccc(S(=O)(=O)O)cc1. The van der Waals surface area contributed by atoms with Gasteiger partial charge in [0.2, 0.25) is 33.1 Å². The molecule has 0 atom stereocenters. The van der Waals surface area contributed by atoms with Crippen LogP contribution >= 0.6 is 35.8 Å². The minimum atomic E-state index is -4.48. The van der Waals surface area contributed by atoms with Gasteiger partial charge in [-0.1, -0.05) is 99.3 Å². The van der Waals surface area contributed by atoms with Crippen molar-refractivity contribution in [3.63, 3.8) is 0 Å². The Bertz CT molecular complexity index is 6250. The van der Waals surface area contributed by atoms with Gasteiger partial charge in [-0.3, -0.25) is 52.5 Å². The quantitative estimate of drug-likeness (QED) is 0.00422. The Labute approximate surface area is 724 Å². The number of phenols is 2. The lowest BCUT2D eigenvalue weighted by Crippen LogP contribution is -2.47. The van der Waals surface area contributed by atoms with Crippen molar-refractivity contribution in [1.82, 2.24) is 25.3 Å². The van der Waals surface area contributed by atoms with Gasteiger partial charge >= 0.3 is 17.9 Å². The summed E-state index contributed by atoms with van der Waals surface area (Å²) in [5, 5.41) is 80.1. The molecule has 652 valence electrons. The predicted octanol–water partition coefficient (Wildman–Crippen LogP) is 12.3. The molecule has 6 aromatic carbocycles. The second kappa shape index (κ2) is 43.1. The van der Waals surface area contributed by atoms with E-state index < -0.39 is 78.0 Å². The number of carbonyl (C=O) groups is 7. The number of anilines is 5. The summed E-state index contributed by atoms with van der Waals surface area (Å²) in [6.07, 6.45) is 11.3. The van der Waals surface area contributed by atoms with E-state index >= 15 is 0 Å². The molecule has 4 aliphatic rings. The number of carboxylic acids is 3. The van der Waals surface area contributed by atoms with Crippen LogP contribution in [0.15, 0.2) is 190 Å². The first-order valence-electron chi connectivity index (χ1n) is 38.5. The van der Waals surface area contributed by atoms with Crippen LogP contribution in [0, 0.1) is 0 Å². The molecule has 0 saturated heterocycles. The number of carbonyl (C=O) groups excluding carboxylic acids is 4. The topological polar surface area (TPSA) is 554 Å². The van der Waals surface area contributed by atoms with Crippen molar-refractivity contribution in [2.24, 2.45) is 5.14 Å². The number of hydrogen-bond donors (Lipinski definition) is 14. The van der Waals surface area contributed by atoms with Crippen molar-refractivity contribution in [1.29, 1.82) is 0 Å². The highest BCUT2D eigenvalue weighted by molar-refractivity contribution is 7.91. The summed E-state index contributed by atoms with van der Waals surface area (Å²) in [5.74, 6) is -5.01. The van der Waals surface area contributed by atoms with E-state index in [1.807, 2.05) is 0 Å². The Morgan fingerprint density at radius 1 is 0.427 bits per heavy atom. The summed E-state index contributed by atoms with van der Waals surface area (Å²) >= 11 is 11.8. The highest BCUT2D eigenvalue weighted by Gasteiger charge is 2.27. The lowest BCUT2D eigenvalue weighted by Gasteiger charge is -2.26. The van der Waals surface area contributed by atoms with Crippen LogP contribution in [0.2, 0.25) is 0 Å². The number of aromatic nitrogens is 2. The van der Waals surface area contributed by atoms with Crippen molar-refractivity contribution in [2.75, 3.05) is 66.0 Å². The lowest BCUT2D eigenvalue weighted by atomic mass is 9.90. The molecule has 0 bridgehead atoms. The standard InChI is InChI=1S/C51H54N6O16S3.C32H31N5O8S3/c58-35-14-21-40-43(26-35)73-44-27-36(59)15-22-41(44)50(40)39-20-13-34(25-42(39)51(65)66)55-48(74)8-6-4-2-1-3-5-7-45(60)52-31-57(29-47(62)54-33-11-18-38(19-12-33)76(70,71)72)24-23-56(30-49(63)64)28-46(61)53-32-9-16-37(17-10-32)75(67,68)69;33-48(43,44)32-37-36-31(47-32)35-27(40)7-5-3-1-2-4-6-8-28(46)34-18-9-12-21(24(15-18)30(41)42)29-22-13-10-19(38)16-25(22)45-26-17-20(39)11-14-23(26)29/h9-22,25-27,58H,1-8,23-24,28-31H2,(H,52,60)(H,53,61)(H,54,62)(H,55,74)(H,63,64)(H,65,66)(H,67,68,69)(H,70,71,72);9-17,38H,1-8H2,(H,34,46)(H,41,42)(H2,33,43,44)(H,35,36,40). The average Bonchev–Trinajstić information content (AvgIpc) is 0.796. The van der Waals surface area contributed by atoms with Crippen molar-refractivity contribution in [3.8, 4) is 56.4 Å². The fourth-order valence-electron chi connectivity index (χ4n) is 13.3. The molecular formula is C83H85N11O24S6. The number of amides is 4. The molecule has 0 spiro atoms. The minimum absolute atomic E-state index is 0.0184. The van der Waals surface area contributed by atoms with Crippen molar-refractivity contribution in [2.45, 2.75) is 117 Å². The maximum absolute atomic E-state index is 13.1. The second-order valence-electron chi connectivity index (χ2n) is 28.6. The van der Waals surface area contributed by atoms with Crippen LogP contribution in [-0.4, -0.2) is 171 Å². The van der Waals surface area contributed by atoms with Gasteiger partial charge in [-0.15, -0.1) is 10.2 Å². The Morgan fingerprint density at radius 2 is 0.823 bits per heavy atom. The first kappa shape index (κ1) is 93.8. The first-order valence-corrected chi connectivity index (χ1v) is 44.6. The van der Waals surface area contributed by atoms with E-state index in [-0.39, 0.29) is 127 Å². The van der Waals surface area contributed by atoms with E-state index in [0.29, 0.717) is 108 Å². The number of fused-ring (bicyclic) bond motifs is 4. The van der Waals surface area contributed by atoms with Gasteiger partial charge in [0.1, 0.15) is 34.2 Å². The number of sulfonamides is 1. The van der Waals surface area contributed by atoms with Gasteiger partial charge in [-0.05, 0) is 171 Å². The van der Waals surface area contributed by atoms with Crippen LogP contribution < -0.4 is 47.9 Å². The molecule has 4 amide bonds. The summed E-state index contributed by atoms with van der Waals surface area (Å²) in [6.45, 7) is -1.59. The number of aromatic hydroxyl groups is 2. The normalized spacial score (nSPS) is 11.6. The Balaban J connectivity index is 0.000000287. The fourth-order valence-corrected chi connectivity index (χ4v) is 16.1. The van der Waals surface area contributed by atoms with Crippen molar-refractivity contribution in [3.05, 3.63) is 189 Å². The monoisotopic (exact) mass is 1810 g/mol. The van der Waals surface area contributed by atoms with E-state index in [9.17, 15) is 103 Å². The Morgan fingerprint density at radius 3 is 1.23 bits per heavy atom. The van der Waals surface area contributed by atoms with E-state index in [1.165, 1.54) is 94.7 Å². The van der Waals surface area contributed by atoms with Gasteiger partial charge < -0.3 is 66.3 Å². The molecule has 2 aliphatic carbocycles. The molecule has 41 heteroatoms. The second-order valence-corrected chi connectivity index (χ2v) is 35.1. The van der Waals surface area contributed by atoms with Gasteiger partial charge in [0.05, 0.1) is 57.2 Å². The Hall–Kier alpha value is -12.4. The predicted molar refractivity (Wildman–Crippen MR) is 471 cm³/mol. The van der Waals surface area contributed by atoms with E-state index in [0.717, 1.165) is 88.5 Å². The zero-order valence-electron chi connectivity index (χ0n) is 66.0. The van der Waals surface area contributed by atoms with Crippen LogP contribution in [-0.2, 0) is 54.2 Å². The molecule has 124 heavy (non-hydrogen) atoms. The molecule has 0 unspecified atom stereocenters. The van der Waals surface area contributed by atoms with Crippen LogP contribution in [0.1, 0.15) is 123 Å². The number of rotatable bonds is 41. The smallest absolute Gasteiger partial charge is 0.336 e. The summed E-state index contributed by atoms with van der Waals surface area (Å²) in [4.78, 5) is 115. The van der Waals surface area contributed by atoms with Crippen LogP contribution in [0.25, 0.3) is 66.8 Å². The molecule has 0 radical (unpaired) electrons. The fraction of sp³-hybridized carbons (Fsp3) is 0.265. The summed E-state index contributed by atoms with van der Waals surface area (Å²) in [7, 11) is -12.9. The number of thiocarbonyl (C=S) groups is 2. The first-order chi connectivity index (χ1) is 58.9. The number of hydrogen-bond acceptors (Lipinski definition) is 26. The minimum Gasteiger partial charge on any atom is -0.508 e. The number of unbranched alkanes of at least 4 members (excludes halogenated alkanes) is 10. The van der Waals surface area contributed by atoms with Crippen LogP contribution in [0.3, 0.4) is 0 Å². The molecule has 2 aliphatic heterocycles. The maximum atomic E-state index is 13.1. The highest BCUT2D eigenvalue weighted by atomic mass is 32.2. The molecule has 1 aromatic heterocycles. The number of aromatic carboxylic acids is 2. The van der Waals surface area contributed by atoms with E-state index in [2.05, 4.69) is 42.1 Å². The maximum Gasteiger partial charge on any atom is 0.336 e. The van der Waals surface area contributed by atoms with Gasteiger partial charge in [-0.2, -0.15) is 16.8 Å². The van der Waals surface area contributed by atoms with Gasteiger partial charge in [0.25, 0.3) is 30.3 Å². The molecule has 15 N–H and O–H groups in total. The van der Waals surface area contributed by atoms with Crippen molar-refractivity contribution < 1.29 is 102 Å². The van der Waals surface area contributed by atoms with Gasteiger partial charge in [0.15, 0.2) is 10.9 Å². The number of primary sulfonamides is 1. The highest BCUT2D eigenvalue weighted by Crippen LogP contribution is 2.45. The molecular weight excluding hydrogens is 1730 g/mol. The van der Waals surface area contributed by atoms with Gasteiger partial charge in [-0.25, -0.2) is 23.1 Å². The van der Waals surface area contributed by atoms with Crippen LogP contribution in [0.5, 0.6) is 11.5 Å². The molecule has 35 nitrogen and oxygen atoms in total. The summed E-state index contributed by atoms with van der Waals surface area (Å²) < 4.78 is 98.1. The number of carboxylic acid groups (broad SMARTS) is 3. The number of phenolic OH excluding ortho intramolecular Hbond substituents is 2. The zero-order valence-corrected chi connectivity index (χ0v) is 70.9. The third kappa shape index (κ3) is 27.5. The van der Waals surface area contributed by atoms with Crippen LogP contribution in [0.4, 0.5) is 27.9 Å². The third-order valence-corrected chi connectivity index (χ3v) is 23.7. The Kier molecular flexibility index (Phi) is 32.6. The molecule has 0 saturated carbocycles. The molecule has 0 fully saturated rings. The number of nitrogens with zero attached hydrogens (tertiary/aromatic N) is 4. The summed E-state index contributed by atoms with van der Waals surface area (Å²) in [5.41, 5.74) is 4.36. The number of benzene rings is 8. The van der Waals surface area contributed by atoms with Gasteiger partial charge in [0, 0.05) is 106 Å². The van der Waals surface area contributed by atoms with Crippen molar-refractivity contribution >= 4 is 167 Å². The van der Waals surface area contributed by atoms with E-state index in [4.69, 9.17) is 38.4 Å². The summed E-state index contributed by atoms with van der Waals surface area (Å²) in [6, 6.07) is 36.8. The van der Waals surface area contributed by atoms with E-state index in [1.54, 1.807) is 48.5 Å². The zero-order chi connectivity index (χ0) is 89.6. The number of aliphatic carboxylic acids is 1. The molecule has 7 aromatic rings. The number of nitrogens with one attached hydrogen (secondary N) is 6. The number of nitrogens with two attached hydrogens (primary N) is 1. The average molecular weight is 1810 g/mol. The lowest BCUT2D eigenvalue weighted by molar-refractivity contribution is -0.138. The molecule has 11 rings (SSSR count). The molecule has 3 heterocycles. The third-order valence-electron chi connectivity index (χ3n) is 19.2.